The third kappa shape index (κ3) is 2.86. The van der Waals surface area contributed by atoms with E-state index in [0.29, 0.717) is 24.4 Å². The Balaban J connectivity index is 1.69. The normalized spacial score (nSPS) is 13.4. The molecule has 2 aromatic rings. The van der Waals surface area contributed by atoms with Crippen molar-refractivity contribution in [3.05, 3.63) is 41.3 Å². The molecule has 0 spiro atoms. The second-order valence-corrected chi connectivity index (χ2v) is 4.64. The van der Waals surface area contributed by atoms with Crippen LogP contribution in [-0.2, 0) is 17.8 Å². The highest BCUT2D eigenvalue weighted by Gasteiger charge is 2.15. The molecule has 2 N–H and O–H groups in total. The smallest absolute Gasteiger partial charge is 0.358 e. The maximum absolute atomic E-state index is 11.4. The van der Waals surface area contributed by atoms with E-state index >= 15 is 0 Å². The molecule has 0 saturated carbocycles. The van der Waals surface area contributed by atoms with Crippen LogP contribution >= 0.6 is 0 Å². The van der Waals surface area contributed by atoms with E-state index in [1.54, 1.807) is 12.1 Å². The first-order valence-electron chi connectivity index (χ1n) is 6.36. The fraction of sp³-hybridized carbons (Fsp3) is 0.214. The van der Waals surface area contributed by atoms with Crippen molar-refractivity contribution in [1.29, 1.82) is 0 Å². The van der Waals surface area contributed by atoms with E-state index in [1.165, 1.54) is 6.07 Å². The number of carboxylic acids is 1. The molecule has 2 heterocycles. The van der Waals surface area contributed by atoms with Crippen molar-refractivity contribution in [2.24, 2.45) is 0 Å². The molecular weight excluding hydrogens is 276 g/mol. The second kappa shape index (κ2) is 5.28. The lowest BCUT2D eigenvalue weighted by atomic mass is 10.0. The van der Waals surface area contributed by atoms with Gasteiger partial charge in [-0.2, -0.15) is 0 Å². The minimum absolute atomic E-state index is 0.0130. The van der Waals surface area contributed by atoms with Gasteiger partial charge in [-0.3, -0.25) is 4.79 Å². The van der Waals surface area contributed by atoms with Gasteiger partial charge in [-0.25, -0.2) is 4.79 Å². The predicted octanol–water partition coefficient (Wildman–Crippen LogP) is 1.84. The van der Waals surface area contributed by atoms with Crippen molar-refractivity contribution in [1.82, 2.24) is 5.16 Å². The highest BCUT2D eigenvalue weighted by atomic mass is 16.5. The summed E-state index contributed by atoms with van der Waals surface area (Å²) in [5.74, 6) is -0.291. The lowest BCUT2D eigenvalue weighted by Crippen LogP contribution is -2.18. The lowest BCUT2D eigenvalue weighted by molar-refractivity contribution is -0.116. The lowest BCUT2D eigenvalue weighted by Gasteiger charge is -2.17. The fourth-order valence-corrected chi connectivity index (χ4v) is 2.08. The quantitative estimate of drug-likeness (QED) is 0.890. The Morgan fingerprint density at radius 3 is 3.00 bits per heavy atom. The van der Waals surface area contributed by atoms with E-state index in [0.717, 1.165) is 11.3 Å². The summed E-state index contributed by atoms with van der Waals surface area (Å²) in [6.07, 6.45) is 1.20. The number of nitrogens with one attached hydrogen (secondary N) is 1. The molecule has 0 saturated heterocycles. The van der Waals surface area contributed by atoms with Gasteiger partial charge in [0, 0.05) is 24.2 Å². The number of aromatic nitrogens is 1. The van der Waals surface area contributed by atoms with Crippen LogP contribution in [0.3, 0.4) is 0 Å². The van der Waals surface area contributed by atoms with Crippen LogP contribution in [0.5, 0.6) is 5.75 Å². The molecule has 0 radical (unpaired) electrons. The number of fused-ring (bicyclic) bond motifs is 1. The summed E-state index contributed by atoms with van der Waals surface area (Å²) in [7, 11) is 0. The van der Waals surface area contributed by atoms with Crippen LogP contribution in [0.2, 0.25) is 0 Å². The standard InChI is InChI=1S/C14H12N2O5/c17-13-4-2-8-1-3-9(5-11(8)15-13)20-7-10-6-12(14(18)19)16-21-10/h1,3,5-6H,2,4,7H2,(H,15,17)(H,18,19). The number of aryl methyl sites for hydroxylation is 1. The van der Waals surface area contributed by atoms with Gasteiger partial charge in [0.05, 0.1) is 0 Å². The molecule has 3 rings (SSSR count). The average Bonchev–Trinajstić information content (AvgIpc) is 2.93. The van der Waals surface area contributed by atoms with Crippen LogP contribution in [0.15, 0.2) is 28.8 Å². The van der Waals surface area contributed by atoms with Gasteiger partial charge in [0.2, 0.25) is 5.91 Å². The monoisotopic (exact) mass is 288 g/mol. The summed E-state index contributed by atoms with van der Waals surface area (Å²) in [6.45, 7) is 0.0625. The topological polar surface area (TPSA) is 102 Å². The second-order valence-electron chi connectivity index (χ2n) is 4.64. The molecule has 0 unspecified atom stereocenters. The largest absolute Gasteiger partial charge is 0.485 e. The van der Waals surface area contributed by atoms with E-state index in [2.05, 4.69) is 10.5 Å². The van der Waals surface area contributed by atoms with Crippen molar-refractivity contribution in [3.8, 4) is 5.75 Å². The Morgan fingerprint density at radius 2 is 2.24 bits per heavy atom. The molecule has 0 atom stereocenters. The SMILES string of the molecule is O=C1CCc2ccc(OCc3cc(C(=O)O)no3)cc2N1. The van der Waals surface area contributed by atoms with Gasteiger partial charge in [-0.1, -0.05) is 11.2 Å². The number of aromatic carboxylic acids is 1. The van der Waals surface area contributed by atoms with Gasteiger partial charge in [0.1, 0.15) is 12.4 Å². The number of hydrogen-bond donors (Lipinski definition) is 2. The number of carbonyl (C=O) groups excluding carboxylic acids is 1. The third-order valence-electron chi connectivity index (χ3n) is 3.14. The zero-order valence-corrected chi connectivity index (χ0v) is 11.0. The van der Waals surface area contributed by atoms with Crippen LogP contribution in [0.25, 0.3) is 0 Å². The van der Waals surface area contributed by atoms with E-state index in [1.807, 2.05) is 6.07 Å². The summed E-state index contributed by atoms with van der Waals surface area (Å²) in [4.78, 5) is 22.0. The van der Waals surface area contributed by atoms with Gasteiger partial charge in [-0.05, 0) is 18.1 Å². The Morgan fingerprint density at radius 1 is 1.38 bits per heavy atom. The summed E-state index contributed by atoms with van der Waals surface area (Å²) < 4.78 is 10.4. The first-order valence-corrected chi connectivity index (χ1v) is 6.36. The fourth-order valence-electron chi connectivity index (χ4n) is 2.08. The molecule has 1 aromatic carbocycles. The maximum atomic E-state index is 11.4. The highest BCUT2D eigenvalue weighted by molar-refractivity contribution is 5.94. The van der Waals surface area contributed by atoms with Gasteiger partial charge in [0.15, 0.2) is 11.5 Å². The molecule has 7 nitrogen and oxygen atoms in total. The summed E-state index contributed by atoms with van der Waals surface area (Å²) in [5, 5.41) is 14.9. The molecule has 21 heavy (non-hydrogen) atoms. The molecule has 108 valence electrons. The maximum Gasteiger partial charge on any atom is 0.358 e. The Kier molecular flexibility index (Phi) is 3.31. The number of nitrogens with zero attached hydrogens (tertiary/aromatic N) is 1. The molecule has 7 heteroatoms. The van der Waals surface area contributed by atoms with Gasteiger partial charge in [0.25, 0.3) is 0 Å². The minimum atomic E-state index is -1.15. The van der Waals surface area contributed by atoms with E-state index in [-0.39, 0.29) is 18.2 Å². The minimum Gasteiger partial charge on any atom is -0.485 e. The first kappa shape index (κ1) is 13.2. The van der Waals surface area contributed by atoms with Crippen molar-refractivity contribution in [2.75, 3.05) is 5.32 Å². The number of rotatable bonds is 4. The van der Waals surface area contributed by atoms with Crippen LogP contribution in [0.1, 0.15) is 28.2 Å². The summed E-state index contributed by atoms with van der Waals surface area (Å²) >= 11 is 0. The van der Waals surface area contributed by atoms with E-state index in [9.17, 15) is 9.59 Å². The van der Waals surface area contributed by atoms with Crippen molar-refractivity contribution in [2.45, 2.75) is 19.4 Å². The third-order valence-corrected chi connectivity index (χ3v) is 3.14. The van der Waals surface area contributed by atoms with E-state index < -0.39 is 5.97 Å². The molecule has 0 fully saturated rings. The van der Waals surface area contributed by atoms with Crippen molar-refractivity contribution >= 4 is 17.6 Å². The van der Waals surface area contributed by atoms with Crippen LogP contribution in [0.4, 0.5) is 5.69 Å². The van der Waals surface area contributed by atoms with Gasteiger partial charge >= 0.3 is 5.97 Å². The summed E-state index contributed by atoms with van der Waals surface area (Å²) in [6, 6.07) is 6.74. The Labute approximate surface area is 119 Å². The number of benzene rings is 1. The van der Waals surface area contributed by atoms with Crippen LogP contribution < -0.4 is 10.1 Å². The van der Waals surface area contributed by atoms with Crippen molar-refractivity contribution < 1.29 is 24.0 Å². The molecule has 1 aliphatic heterocycles. The molecule has 1 aliphatic rings. The molecule has 0 aliphatic carbocycles. The molecule has 1 aromatic heterocycles. The molecule has 0 bridgehead atoms. The molecule has 1 amide bonds. The highest BCUT2D eigenvalue weighted by Crippen LogP contribution is 2.27. The Hall–Kier alpha value is -2.83. The van der Waals surface area contributed by atoms with Crippen LogP contribution in [0, 0.1) is 0 Å². The summed E-state index contributed by atoms with van der Waals surface area (Å²) in [5.41, 5.74) is 1.65. The number of amides is 1. The number of carboxylic acid groups (broad SMARTS) is 1. The zero-order valence-electron chi connectivity index (χ0n) is 11.0. The molecular formula is C14H12N2O5. The van der Waals surface area contributed by atoms with Gasteiger partial charge < -0.3 is 19.7 Å². The van der Waals surface area contributed by atoms with Crippen LogP contribution in [-0.4, -0.2) is 22.1 Å². The van der Waals surface area contributed by atoms with E-state index in [4.69, 9.17) is 14.4 Å². The van der Waals surface area contributed by atoms with Gasteiger partial charge in [-0.15, -0.1) is 0 Å². The zero-order chi connectivity index (χ0) is 14.8. The van der Waals surface area contributed by atoms with Crippen molar-refractivity contribution in [3.63, 3.8) is 0 Å². The number of hydrogen-bond acceptors (Lipinski definition) is 5. The first-order chi connectivity index (χ1) is 10.1. The average molecular weight is 288 g/mol. The predicted molar refractivity (Wildman–Crippen MR) is 71.2 cm³/mol. The number of carbonyl (C=O) groups is 2. The number of ether oxygens (including phenoxy) is 1. The Bertz CT molecular complexity index is 707. The number of anilines is 1.